The van der Waals surface area contributed by atoms with Gasteiger partial charge in [-0.05, 0) is 12.1 Å². The largest absolute Gasteiger partial charge is 0.418 e. The molecule has 2 nitrogen and oxygen atoms in total. The van der Waals surface area contributed by atoms with Crippen LogP contribution in [0.2, 0.25) is 0 Å². The number of hydrogen-bond acceptors (Lipinski definition) is 2. The first kappa shape index (κ1) is 9.83. The number of nitrogens with zero attached hydrogens (tertiary/aromatic N) is 2. The lowest BCUT2D eigenvalue weighted by Crippen LogP contribution is -2.12. The van der Waals surface area contributed by atoms with Crippen molar-refractivity contribution in [3.63, 3.8) is 0 Å². The normalized spacial score (nSPS) is 11.5. The fourth-order valence-corrected chi connectivity index (χ4v) is 0.757. The van der Waals surface area contributed by atoms with Crippen LogP contribution in [-0.2, 0) is 6.18 Å². The number of alkyl halides is 3. The van der Waals surface area contributed by atoms with Crippen LogP contribution < -0.4 is 4.90 Å². The van der Waals surface area contributed by atoms with Crippen LogP contribution in [0.25, 0.3) is 0 Å². The summed E-state index contributed by atoms with van der Waals surface area (Å²) in [6, 6.07) is 2.27. The molecule has 1 aromatic heterocycles. The highest BCUT2D eigenvalue weighted by molar-refractivity contribution is 5.37. The molecule has 0 saturated heterocycles. The Balaban J connectivity index is 2.94. The van der Waals surface area contributed by atoms with Crippen molar-refractivity contribution in [2.75, 3.05) is 19.0 Å². The van der Waals surface area contributed by atoms with Crippen LogP contribution in [0.15, 0.2) is 12.1 Å². The summed E-state index contributed by atoms with van der Waals surface area (Å²) in [7, 11) is 3.40. The Morgan fingerprint density at radius 3 is 2.23 bits per heavy atom. The van der Waals surface area contributed by atoms with Crippen molar-refractivity contribution < 1.29 is 13.2 Å². The summed E-state index contributed by atoms with van der Waals surface area (Å²) in [5.74, 6) is 0.452. The lowest BCUT2D eigenvalue weighted by atomic mass is 10.3. The molecule has 1 rings (SSSR count). The van der Waals surface area contributed by atoms with Gasteiger partial charge in [-0.25, -0.2) is 4.98 Å². The highest BCUT2D eigenvalue weighted by Gasteiger charge is 2.31. The molecule has 0 spiro atoms. The highest BCUT2D eigenvalue weighted by Crippen LogP contribution is 2.28. The zero-order valence-corrected chi connectivity index (χ0v) is 7.18. The molecular weight excluding hydrogens is 181 g/mol. The Morgan fingerprint density at radius 1 is 1.31 bits per heavy atom. The van der Waals surface area contributed by atoms with Crippen LogP contribution in [0, 0.1) is 6.20 Å². The van der Waals surface area contributed by atoms with Crippen LogP contribution in [0.1, 0.15) is 5.56 Å². The van der Waals surface area contributed by atoms with Crippen LogP contribution in [-0.4, -0.2) is 19.1 Å². The summed E-state index contributed by atoms with van der Waals surface area (Å²) >= 11 is 0. The van der Waals surface area contributed by atoms with E-state index < -0.39 is 11.7 Å². The minimum Gasteiger partial charge on any atom is -0.363 e. The van der Waals surface area contributed by atoms with Crippen molar-refractivity contribution in [2.45, 2.75) is 6.18 Å². The third kappa shape index (κ3) is 2.34. The van der Waals surface area contributed by atoms with E-state index in [1.54, 1.807) is 19.0 Å². The molecule has 13 heavy (non-hydrogen) atoms. The minimum absolute atomic E-state index is 0.452. The van der Waals surface area contributed by atoms with E-state index in [0.717, 1.165) is 6.07 Å². The van der Waals surface area contributed by atoms with Gasteiger partial charge in [0.25, 0.3) is 0 Å². The summed E-state index contributed by atoms with van der Waals surface area (Å²) in [6.07, 6.45) is -2.42. The summed E-state index contributed by atoms with van der Waals surface area (Å²) < 4.78 is 36.1. The standard InChI is InChI=1S/C8H8F3N2/c1-13(2)7-4-3-6(5-12-7)8(9,10)11/h3-4H,1-2H3. The van der Waals surface area contributed by atoms with Crippen LogP contribution in [0.3, 0.4) is 0 Å². The number of anilines is 1. The zero-order valence-electron chi connectivity index (χ0n) is 7.18. The van der Waals surface area contributed by atoms with Gasteiger partial charge in [-0.15, -0.1) is 0 Å². The monoisotopic (exact) mass is 189 g/mol. The molecule has 71 valence electrons. The first-order valence-corrected chi connectivity index (χ1v) is 3.54. The maximum atomic E-state index is 12.0. The minimum atomic E-state index is -4.36. The highest BCUT2D eigenvalue weighted by atomic mass is 19.4. The molecule has 0 atom stereocenters. The summed E-state index contributed by atoms with van der Waals surface area (Å²) in [5.41, 5.74) is -0.849. The van der Waals surface area contributed by atoms with E-state index in [2.05, 4.69) is 4.98 Å². The fraction of sp³-hybridized carbons (Fsp3) is 0.375. The zero-order chi connectivity index (χ0) is 10.1. The van der Waals surface area contributed by atoms with Crippen molar-refractivity contribution >= 4 is 5.82 Å². The third-order valence-electron chi connectivity index (χ3n) is 1.45. The second-order valence-corrected chi connectivity index (χ2v) is 2.72. The Morgan fingerprint density at radius 2 is 1.92 bits per heavy atom. The molecule has 0 saturated carbocycles. The first-order valence-electron chi connectivity index (χ1n) is 3.54. The molecule has 0 aliphatic heterocycles. The van der Waals surface area contributed by atoms with Crippen LogP contribution >= 0.6 is 0 Å². The molecule has 0 amide bonds. The lowest BCUT2D eigenvalue weighted by molar-refractivity contribution is -0.138. The second-order valence-electron chi connectivity index (χ2n) is 2.72. The summed E-state index contributed by atoms with van der Waals surface area (Å²) in [5, 5.41) is 0. The Kier molecular flexibility index (Phi) is 2.45. The van der Waals surface area contributed by atoms with E-state index in [1.807, 2.05) is 6.20 Å². The predicted molar refractivity (Wildman–Crippen MR) is 42.4 cm³/mol. The lowest BCUT2D eigenvalue weighted by Gasteiger charge is -2.11. The van der Waals surface area contributed by atoms with Crippen LogP contribution in [0.5, 0.6) is 0 Å². The molecule has 1 radical (unpaired) electrons. The average molecular weight is 189 g/mol. The third-order valence-corrected chi connectivity index (χ3v) is 1.45. The molecule has 0 fully saturated rings. The Bertz CT molecular complexity index is 276. The maximum Gasteiger partial charge on any atom is 0.418 e. The summed E-state index contributed by atoms with van der Waals surface area (Å²) in [6.45, 7) is 0. The topological polar surface area (TPSA) is 16.1 Å². The Hall–Kier alpha value is -1.26. The van der Waals surface area contributed by atoms with E-state index >= 15 is 0 Å². The molecule has 0 bridgehead atoms. The van der Waals surface area contributed by atoms with Gasteiger partial charge in [0, 0.05) is 14.1 Å². The van der Waals surface area contributed by atoms with Crippen molar-refractivity contribution in [1.29, 1.82) is 0 Å². The Labute approximate surface area is 74.0 Å². The number of halogens is 3. The molecular formula is C8H8F3N2. The quantitative estimate of drug-likeness (QED) is 0.671. The predicted octanol–water partition coefficient (Wildman–Crippen LogP) is 1.97. The number of aromatic nitrogens is 1. The fourth-order valence-electron chi connectivity index (χ4n) is 0.757. The summed E-state index contributed by atoms with van der Waals surface area (Å²) in [4.78, 5) is 5.13. The van der Waals surface area contributed by atoms with Crippen molar-refractivity contribution in [3.05, 3.63) is 23.9 Å². The number of rotatable bonds is 1. The molecule has 0 aliphatic carbocycles. The van der Waals surface area contributed by atoms with E-state index in [0.29, 0.717) is 5.82 Å². The maximum absolute atomic E-state index is 12.0. The van der Waals surface area contributed by atoms with E-state index in [-0.39, 0.29) is 0 Å². The van der Waals surface area contributed by atoms with E-state index in [9.17, 15) is 13.2 Å². The molecule has 0 N–H and O–H groups in total. The molecule has 0 unspecified atom stereocenters. The van der Waals surface area contributed by atoms with Crippen molar-refractivity contribution in [3.8, 4) is 0 Å². The SMILES string of the molecule is CN(C)c1ccc(C(F)(F)F)[c]n1. The molecule has 5 heteroatoms. The smallest absolute Gasteiger partial charge is 0.363 e. The van der Waals surface area contributed by atoms with E-state index in [1.165, 1.54) is 6.07 Å². The van der Waals surface area contributed by atoms with Crippen molar-refractivity contribution in [1.82, 2.24) is 4.98 Å². The van der Waals surface area contributed by atoms with Gasteiger partial charge in [-0.2, -0.15) is 13.2 Å². The molecule has 1 aromatic rings. The first-order chi connectivity index (χ1) is 5.91. The van der Waals surface area contributed by atoms with E-state index in [4.69, 9.17) is 0 Å². The van der Waals surface area contributed by atoms with Gasteiger partial charge < -0.3 is 4.90 Å². The second kappa shape index (κ2) is 3.24. The average Bonchev–Trinajstić information content (AvgIpc) is 2.03. The molecule has 1 heterocycles. The van der Waals surface area contributed by atoms with Gasteiger partial charge in [0.05, 0.1) is 5.56 Å². The number of pyridine rings is 1. The van der Waals surface area contributed by atoms with Gasteiger partial charge in [-0.1, -0.05) is 0 Å². The number of hydrogen-bond donors (Lipinski definition) is 0. The van der Waals surface area contributed by atoms with Gasteiger partial charge in [0.15, 0.2) is 0 Å². The molecule has 0 aliphatic rings. The molecule has 0 aromatic carbocycles. The van der Waals surface area contributed by atoms with Gasteiger partial charge >= 0.3 is 6.18 Å². The van der Waals surface area contributed by atoms with Crippen molar-refractivity contribution in [2.24, 2.45) is 0 Å². The van der Waals surface area contributed by atoms with Gasteiger partial charge in [0.1, 0.15) is 12.0 Å². The van der Waals surface area contributed by atoms with Crippen LogP contribution in [0.4, 0.5) is 19.0 Å². The van der Waals surface area contributed by atoms with Gasteiger partial charge in [0.2, 0.25) is 0 Å². The van der Waals surface area contributed by atoms with Gasteiger partial charge in [-0.3, -0.25) is 0 Å².